The molecule has 0 rings (SSSR count). The molecule has 0 aromatic heterocycles. The first-order valence-electron chi connectivity index (χ1n) is 4.13. The second-order valence-corrected chi connectivity index (χ2v) is 6.93. The van der Waals surface area contributed by atoms with Gasteiger partial charge in [0.05, 0.1) is 0 Å². The zero-order valence-electron chi connectivity index (χ0n) is 7.75. The van der Waals surface area contributed by atoms with Crippen LogP contribution in [-0.2, 0) is 0 Å². The fourth-order valence-electron chi connectivity index (χ4n) is 0.874. The molecule has 0 aliphatic rings. The lowest BCUT2D eigenvalue weighted by Gasteiger charge is -2.22. The average molecular weight is 254 g/mol. The number of hydrogen-bond donors (Lipinski definition) is 2. The highest BCUT2D eigenvalue weighted by molar-refractivity contribution is 6.73. The molecular weight excluding hydrogens is 242 g/mol. The zero-order valence-corrected chi connectivity index (χ0v) is 8.75. The third-order valence-electron chi connectivity index (χ3n) is 1.75. The van der Waals surface area contributed by atoms with Gasteiger partial charge in [0.1, 0.15) is 0 Å². The van der Waals surface area contributed by atoms with Crippen molar-refractivity contribution < 1.29 is 26.3 Å². The van der Waals surface area contributed by atoms with E-state index in [9.17, 15) is 26.3 Å². The predicted octanol–water partition coefficient (Wildman–Crippen LogP) is 2.25. The van der Waals surface area contributed by atoms with Crippen molar-refractivity contribution in [2.24, 2.45) is 10.8 Å². The van der Waals surface area contributed by atoms with Crippen molar-refractivity contribution in [2.45, 2.75) is 37.3 Å². The van der Waals surface area contributed by atoms with Gasteiger partial charge in [0.2, 0.25) is 0 Å². The Labute approximate surface area is 83.8 Å². The molecule has 0 heterocycles. The fraction of sp³-hybridized carbons (Fsp3) is 1.00. The summed E-state index contributed by atoms with van der Waals surface area (Å²) in [5.74, 6) is 0. The summed E-state index contributed by atoms with van der Waals surface area (Å²) in [6.07, 6.45) is -11.3. The third kappa shape index (κ3) is 10.0. The van der Waals surface area contributed by atoms with Crippen LogP contribution < -0.4 is 10.8 Å². The van der Waals surface area contributed by atoms with Gasteiger partial charge >= 0.3 is 12.4 Å². The Kier molecular flexibility index (Phi) is 4.61. The Hall–Kier alpha value is -0.283. The first-order chi connectivity index (χ1) is 6.41. The van der Waals surface area contributed by atoms with Crippen molar-refractivity contribution in [1.82, 2.24) is 0 Å². The molecule has 0 radical (unpaired) electrons. The molecule has 0 saturated heterocycles. The Balaban J connectivity index is 3.98. The molecule has 92 valence electrons. The van der Waals surface area contributed by atoms with Gasteiger partial charge < -0.3 is 10.8 Å². The molecule has 2 nitrogen and oxygen atoms in total. The lowest BCUT2D eigenvalue weighted by Crippen LogP contribution is -2.56. The minimum absolute atomic E-state index is 0.577. The van der Waals surface area contributed by atoms with Crippen molar-refractivity contribution in [1.29, 1.82) is 0 Å². The topological polar surface area (TPSA) is 52.0 Å². The maximum atomic E-state index is 11.7. The molecule has 0 fully saturated rings. The second kappa shape index (κ2) is 4.70. The van der Waals surface area contributed by atoms with Crippen LogP contribution in [0.4, 0.5) is 26.3 Å². The van der Waals surface area contributed by atoms with E-state index >= 15 is 0 Å². The average Bonchev–Trinajstić information content (AvgIpc) is 1.96. The first kappa shape index (κ1) is 14.7. The normalized spacial score (nSPS) is 14.4. The van der Waals surface area contributed by atoms with Crippen LogP contribution in [0.15, 0.2) is 0 Å². The largest absolute Gasteiger partial charge is 0.388 e. The Morgan fingerprint density at radius 2 is 1.00 bits per heavy atom. The Morgan fingerprint density at radius 3 is 1.20 bits per heavy atom. The molecule has 0 aromatic rings. The molecule has 0 aliphatic carbocycles. The number of alkyl halides is 6. The van der Waals surface area contributed by atoms with Crippen LogP contribution in [0.1, 0.15) is 12.8 Å². The van der Waals surface area contributed by atoms with Gasteiger partial charge in [-0.25, -0.2) is 0 Å². The SMILES string of the molecule is N[Si](N)(CCC(F)(F)F)CCC(F)(F)F. The van der Waals surface area contributed by atoms with E-state index in [1.807, 2.05) is 0 Å². The van der Waals surface area contributed by atoms with Crippen molar-refractivity contribution in [2.75, 3.05) is 0 Å². The summed E-state index contributed by atoms with van der Waals surface area (Å²) in [6.45, 7) is 0. The van der Waals surface area contributed by atoms with E-state index in [0.29, 0.717) is 0 Å². The Morgan fingerprint density at radius 1 is 0.733 bits per heavy atom. The van der Waals surface area contributed by atoms with E-state index in [0.717, 1.165) is 0 Å². The quantitative estimate of drug-likeness (QED) is 0.597. The van der Waals surface area contributed by atoms with Crippen molar-refractivity contribution in [3.63, 3.8) is 0 Å². The maximum absolute atomic E-state index is 11.7. The van der Waals surface area contributed by atoms with E-state index < -0.39 is 45.7 Å². The van der Waals surface area contributed by atoms with Gasteiger partial charge in [-0.15, -0.1) is 0 Å². The van der Waals surface area contributed by atoms with Crippen LogP contribution in [0.5, 0.6) is 0 Å². The summed E-state index contributed by atoms with van der Waals surface area (Å²) >= 11 is 0. The van der Waals surface area contributed by atoms with Gasteiger partial charge in [-0.05, 0) is 12.1 Å². The van der Waals surface area contributed by atoms with Crippen LogP contribution in [0.3, 0.4) is 0 Å². The number of hydrogen-bond acceptors (Lipinski definition) is 2. The molecule has 0 aromatic carbocycles. The molecule has 15 heavy (non-hydrogen) atoms. The fourth-order valence-corrected chi connectivity index (χ4v) is 2.62. The number of rotatable bonds is 4. The minimum atomic E-state index is -4.42. The molecule has 4 N–H and O–H groups in total. The highest BCUT2D eigenvalue weighted by atomic mass is 28.3. The van der Waals surface area contributed by atoms with Gasteiger partial charge in [-0.3, -0.25) is 0 Å². The second-order valence-electron chi connectivity index (χ2n) is 3.46. The zero-order chi connectivity index (χ0) is 12.3. The lowest BCUT2D eigenvalue weighted by molar-refractivity contribution is -0.131. The third-order valence-corrected chi connectivity index (χ3v) is 4.11. The molecule has 9 heteroatoms. The van der Waals surface area contributed by atoms with E-state index in [2.05, 4.69) is 0 Å². The summed E-state index contributed by atoms with van der Waals surface area (Å²) in [7, 11) is -3.36. The molecule has 0 saturated carbocycles. The van der Waals surface area contributed by atoms with Gasteiger partial charge in [0, 0.05) is 12.8 Å². The molecule has 0 unspecified atom stereocenters. The monoisotopic (exact) mass is 254 g/mol. The van der Waals surface area contributed by atoms with Gasteiger partial charge in [0.15, 0.2) is 8.40 Å². The Bertz CT molecular complexity index is 179. The molecule has 0 bridgehead atoms. The van der Waals surface area contributed by atoms with Crippen molar-refractivity contribution >= 4 is 8.40 Å². The van der Waals surface area contributed by atoms with E-state index in [1.54, 1.807) is 0 Å². The first-order valence-corrected chi connectivity index (χ1v) is 6.69. The van der Waals surface area contributed by atoms with Crippen LogP contribution >= 0.6 is 0 Å². The van der Waals surface area contributed by atoms with Crippen LogP contribution in [0.25, 0.3) is 0 Å². The minimum Gasteiger partial charge on any atom is -0.339 e. The molecule has 0 aliphatic heterocycles. The van der Waals surface area contributed by atoms with Gasteiger partial charge in [0.25, 0.3) is 0 Å². The highest BCUT2D eigenvalue weighted by Gasteiger charge is 2.37. The van der Waals surface area contributed by atoms with Crippen LogP contribution in [0.2, 0.25) is 12.1 Å². The van der Waals surface area contributed by atoms with E-state index in [-0.39, 0.29) is 0 Å². The van der Waals surface area contributed by atoms with Crippen molar-refractivity contribution in [3.8, 4) is 0 Å². The summed E-state index contributed by atoms with van der Waals surface area (Å²) in [5, 5.41) is 10.5. The van der Waals surface area contributed by atoms with Crippen LogP contribution in [-0.4, -0.2) is 20.7 Å². The summed E-state index contributed by atoms with van der Waals surface area (Å²) in [5.41, 5.74) is 0. The van der Waals surface area contributed by atoms with E-state index in [1.165, 1.54) is 0 Å². The molecule has 0 spiro atoms. The summed E-state index contributed by atoms with van der Waals surface area (Å²) < 4.78 is 70.5. The smallest absolute Gasteiger partial charge is 0.339 e. The summed E-state index contributed by atoms with van der Waals surface area (Å²) in [4.78, 5) is 0. The van der Waals surface area contributed by atoms with Crippen LogP contribution in [0, 0.1) is 0 Å². The maximum Gasteiger partial charge on any atom is 0.388 e. The summed E-state index contributed by atoms with van der Waals surface area (Å²) in [6, 6.07) is -1.15. The van der Waals surface area contributed by atoms with Crippen molar-refractivity contribution in [3.05, 3.63) is 0 Å². The lowest BCUT2D eigenvalue weighted by atomic mass is 10.5. The molecule has 0 atom stereocenters. The standard InChI is InChI=1S/C6H12F6N2Si/c7-5(8,9)1-3-15(13,14)4-2-6(10,11)12/h1-4,13-14H2. The molecular formula is C6H12F6N2Si. The number of nitrogens with two attached hydrogens (primary N) is 2. The van der Waals surface area contributed by atoms with E-state index in [4.69, 9.17) is 10.8 Å². The number of halogens is 6. The molecule has 0 amide bonds. The van der Waals surface area contributed by atoms with Gasteiger partial charge in [-0.2, -0.15) is 26.3 Å². The predicted molar refractivity (Wildman–Crippen MR) is 45.1 cm³/mol. The van der Waals surface area contributed by atoms with Gasteiger partial charge in [-0.1, -0.05) is 0 Å². The highest BCUT2D eigenvalue weighted by Crippen LogP contribution is 2.28.